The molecule has 3 amide bonds. The first-order valence-electron chi connectivity index (χ1n) is 10.0. The molecule has 0 saturated carbocycles. The molecule has 0 aromatic heterocycles. The lowest BCUT2D eigenvalue weighted by Gasteiger charge is -2.48. The molecule has 152 valence electrons. The van der Waals surface area contributed by atoms with E-state index in [0.717, 1.165) is 23.6 Å². The smallest absolute Gasteiger partial charge is 0.262 e. The summed E-state index contributed by atoms with van der Waals surface area (Å²) in [5.41, 5.74) is 1.58. The SMILES string of the molecule is O=C1[C@@H](N2C(=O)c3ccccc3C2=O)[C@@H](c2ccccc2)N1C=CN1CCOCC1. The number of hydrogen-bond donors (Lipinski definition) is 0. The highest BCUT2D eigenvalue weighted by molar-refractivity contribution is 6.23. The van der Waals surface area contributed by atoms with Crippen LogP contribution in [0.1, 0.15) is 32.3 Å². The summed E-state index contributed by atoms with van der Waals surface area (Å²) >= 11 is 0. The van der Waals surface area contributed by atoms with E-state index < -0.39 is 23.9 Å². The van der Waals surface area contributed by atoms with Gasteiger partial charge in [0.15, 0.2) is 0 Å². The van der Waals surface area contributed by atoms with Crippen molar-refractivity contribution in [3.8, 4) is 0 Å². The highest BCUT2D eigenvalue weighted by Gasteiger charge is 2.56. The Morgan fingerprint density at radius 1 is 0.767 bits per heavy atom. The molecular formula is C23H21N3O4. The Hall–Kier alpha value is -3.45. The van der Waals surface area contributed by atoms with Crippen molar-refractivity contribution >= 4 is 17.7 Å². The minimum Gasteiger partial charge on any atom is -0.378 e. The number of ether oxygens (including phenoxy) is 1. The van der Waals surface area contributed by atoms with Crippen molar-refractivity contribution in [3.63, 3.8) is 0 Å². The third-order valence-corrected chi connectivity index (χ3v) is 5.83. The van der Waals surface area contributed by atoms with Crippen molar-refractivity contribution in [1.29, 1.82) is 0 Å². The zero-order chi connectivity index (χ0) is 20.7. The summed E-state index contributed by atoms with van der Waals surface area (Å²) < 4.78 is 5.36. The largest absolute Gasteiger partial charge is 0.378 e. The van der Waals surface area contributed by atoms with Crippen LogP contribution < -0.4 is 0 Å². The Balaban J connectivity index is 1.46. The summed E-state index contributed by atoms with van der Waals surface area (Å²) in [6, 6.07) is 14.9. The number of rotatable bonds is 4. The highest BCUT2D eigenvalue weighted by Crippen LogP contribution is 2.41. The van der Waals surface area contributed by atoms with Crippen molar-refractivity contribution in [3.05, 3.63) is 83.7 Å². The summed E-state index contributed by atoms with van der Waals surface area (Å²) in [5, 5.41) is 0. The maximum atomic E-state index is 13.1. The molecule has 0 spiro atoms. The van der Waals surface area contributed by atoms with Gasteiger partial charge < -0.3 is 14.5 Å². The molecule has 3 heterocycles. The van der Waals surface area contributed by atoms with Gasteiger partial charge in [0, 0.05) is 25.5 Å². The predicted molar refractivity (Wildman–Crippen MR) is 108 cm³/mol. The van der Waals surface area contributed by atoms with Crippen LogP contribution in [0.4, 0.5) is 0 Å². The van der Waals surface area contributed by atoms with E-state index in [1.54, 1.807) is 35.4 Å². The van der Waals surface area contributed by atoms with Gasteiger partial charge in [-0.3, -0.25) is 19.3 Å². The molecule has 0 radical (unpaired) electrons. The van der Waals surface area contributed by atoms with Gasteiger partial charge >= 0.3 is 0 Å². The maximum absolute atomic E-state index is 13.1. The third-order valence-electron chi connectivity index (χ3n) is 5.83. The van der Waals surface area contributed by atoms with Gasteiger partial charge in [-0.2, -0.15) is 0 Å². The Kier molecular flexibility index (Phi) is 4.59. The van der Waals surface area contributed by atoms with Crippen LogP contribution in [0.25, 0.3) is 0 Å². The molecule has 3 aliphatic heterocycles. The van der Waals surface area contributed by atoms with E-state index in [2.05, 4.69) is 4.90 Å². The summed E-state index contributed by atoms with van der Waals surface area (Å²) in [6.45, 7) is 2.82. The van der Waals surface area contributed by atoms with Gasteiger partial charge in [-0.05, 0) is 17.7 Å². The molecule has 2 saturated heterocycles. The first kappa shape index (κ1) is 18.6. The Morgan fingerprint density at radius 2 is 1.37 bits per heavy atom. The molecular weight excluding hydrogens is 382 g/mol. The van der Waals surface area contributed by atoms with Gasteiger partial charge in [0.25, 0.3) is 17.7 Å². The van der Waals surface area contributed by atoms with Crippen molar-refractivity contribution in [2.45, 2.75) is 12.1 Å². The number of benzene rings is 2. The van der Waals surface area contributed by atoms with Gasteiger partial charge in [0.1, 0.15) is 6.04 Å². The van der Waals surface area contributed by atoms with E-state index in [4.69, 9.17) is 4.74 Å². The molecule has 0 unspecified atom stereocenters. The quantitative estimate of drug-likeness (QED) is 0.577. The number of fused-ring (bicyclic) bond motifs is 1. The van der Waals surface area contributed by atoms with Crippen molar-refractivity contribution in [2.24, 2.45) is 0 Å². The second-order valence-electron chi connectivity index (χ2n) is 7.52. The molecule has 7 heteroatoms. The summed E-state index contributed by atoms with van der Waals surface area (Å²) in [6.07, 6.45) is 3.63. The van der Waals surface area contributed by atoms with Gasteiger partial charge in [-0.15, -0.1) is 0 Å². The number of nitrogens with zero attached hydrogens (tertiary/aromatic N) is 3. The summed E-state index contributed by atoms with van der Waals surface area (Å²) in [7, 11) is 0. The van der Waals surface area contributed by atoms with Crippen LogP contribution in [0.2, 0.25) is 0 Å². The maximum Gasteiger partial charge on any atom is 0.262 e. The van der Waals surface area contributed by atoms with Crippen molar-refractivity contribution < 1.29 is 19.1 Å². The van der Waals surface area contributed by atoms with E-state index in [1.807, 2.05) is 36.5 Å². The van der Waals surface area contributed by atoms with Crippen LogP contribution in [0.3, 0.4) is 0 Å². The van der Waals surface area contributed by atoms with Crippen LogP contribution in [0, 0.1) is 0 Å². The fourth-order valence-electron chi connectivity index (χ4n) is 4.26. The average molecular weight is 403 g/mol. The predicted octanol–water partition coefficient (Wildman–Crippen LogP) is 2.04. The first-order chi connectivity index (χ1) is 14.7. The van der Waals surface area contributed by atoms with E-state index in [0.29, 0.717) is 24.3 Å². The number of carbonyl (C=O) groups excluding carboxylic acids is 3. The molecule has 0 bridgehead atoms. The van der Waals surface area contributed by atoms with Gasteiger partial charge in [0.05, 0.1) is 30.4 Å². The Labute approximate surface area is 174 Å². The number of imide groups is 1. The van der Waals surface area contributed by atoms with E-state index in [1.165, 1.54) is 0 Å². The lowest BCUT2D eigenvalue weighted by molar-refractivity contribution is -0.150. The fourth-order valence-corrected chi connectivity index (χ4v) is 4.26. The zero-order valence-electron chi connectivity index (χ0n) is 16.3. The topological polar surface area (TPSA) is 70.2 Å². The molecule has 2 aromatic carbocycles. The second kappa shape index (κ2) is 7.42. The average Bonchev–Trinajstić information content (AvgIpc) is 3.04. The number of hydrogen-bond acceptors (Lipinski definition) is 5. The minimum atomic E-state index is -0.853. The standard InChI is InChI=1S/C23H21N3O4/c27-21-17-8-4-5-9-18(17)22(28)26(21)20-19(16-6-2-1-3-7-16)25(23(20)29)11-10-24-12-14-30-15-13-24/h1-11,19-20H,12-15H2/t19-,20+/m1/s1. The van der Waals surface area contributed by atoms with Gasteiger partial charge in [-0.1, -0.05) is 42.5 Å². The monoisotopic (exact) mass is 403 g/mol. The first-order valence-corrected chi connectivity index (χ1v) is 10.0. The van der Waals surface area contributed by atoms with Crippen LogP contribution in [-0.2, 0) is 9.53 Å². The normalized spacial score (nSPS) is 23.9. The molecule has 7 nitrogen and oxygen atoms in total. The lowest BCUT2D eigenvalue weighted by Crippen LogP contribution is -2.65. The number of carbonyl (C=O) groups is 3. The van der Waals surface area contributed by atoms with Crippen LogP contribution in [0.5, 0.6) is 0 Å². The molecule has 5 rings (SSSR count). The summed E-state index contributed by atoms with van der Waals surface area (Å²) in [4.78, 5) is 43.9. The van der Waals surface area contributed by atoms with E-state index in [-0.39, 0.29) is 5.91 Å². The molecule has 2 fully saturated rings. The molecule has 0 N–H and O–H groups in total. The Morgan fingerprint density at radius 3 is 2.00 bits per heavy atom. The molecule has 2 aromatic rings. The Bertz CT molecular complexity index is 995. The highest BCUT2D eigenvalue weighted by atomic mass is 16.5. The van der Waals surface area contributed by atoms with Crippen molar-refractivity contribution in [1.82, 2.24) is 14.7 Å². The van der Waals surface area contributed by atoms with E-state index >= 15 is 0 Å². The molecule has 0 aliphatic carbocycles. The third kappa shape index (κ3) is 2.90. The number of β-lactam (4-membered cyclic amide) rings is 1. The van der Waals surface area contributed by atoms with Gasteiger partial charge in [-0.25, -0.2) is 0 Å². The van der Waals surface area contributed by atoms with Gasteiger partial charge in [0.2, 0.25) is 0 Å². The van der Waals surface area contributed by atoms with Crippen LogP contribution >= 0.6 is 0 Å². The second-order valence-corrected chi connectivity index (χ2v) is 7.52. The molecule has 3 aliphatic rings. The molecule has 2 atom stereocenters. The summed E-state index contributed by atoms with van der Waals surface area (Å²) in [5.74, 6) is -1.08. The zero-order valence-corrected chi connectivity index (χ0v) is 16.3. The van der Waals surface area contributed by atoms with Crippen LogP contribution in [-0.4, -0.2) is 64.8 Å². The lowest BCUT2D eigenvalue weighted by atomic mass is 9.87. The molecule has 30 heavy (non-hydrogen) atoms. The van der Waals surface area contributed by atoms with E-state index in [9.17, 15) is 14.4 Å². The number of morpholine rings is 1. The van der Waals surface area contributed by atoms with Crippen LogP contribution in [0.15, 0.2) is 67.0 Å². The minimum absolute atomic E-state index is 0.261. The number of amides is 3. The fraction of sp³-hybridized carbons (Fsp3) is 0.261. The number of likely N-dealkylation sites (tertiary alicyclic amines) is 1. The van der Waals surface area contributed by atoms with Crippen molar-refractivity contribution in [2.75, 3.05) is 26.3 Å².